The fourth-order valence-corrected chi connectivity index (χ4v) is 3.02. The SMILES string of the molecule is Cc1ccc(C(Cc2c(Cl)cccc2Cl)NN)c(Cl)c1. The van der Waals surface area contributed by atoms with Gasteiger partial charge in [-0.3, -0.25) is 11.3 Å². The van der Waals surface area contributed by atoms with E-state index >= 15 is 0 Å². The van der Waals surface area contributed by atoms with Gasteiger partial charge in [0, 0.05) is 15.1 Å². The number of hydrogen-bond acceptors (Lipinski definition) is 2. The van der Waals surface area contributed by atoms with E-state index < -0.39 is 0 Å². The minimum atomic E-state index is -0.152. The van der Waals surface area contributed by atoms with Crippen LogP contribution in [-0.4, -0.2) is 0 Å². The fourth-order valence-electron chi connectivity index (χ4n) is 2.10. The van der Waals surface area contributed by atoms with Gasteiger partial charge in [-0.15, -0.1) is 0 Å². The van der Waals surface area contributed by atoms with E-state index in [0.29, 0.717) is 21.5 Å². The van der Waals surface area contributed by atoms with Gasteiger partial charge in [-0.05, 0) is 48.2 Å². The van der Waals surface area contributed by atoms with Crippen LogP contribution in [0.4, 0.5) is 0 Å². The Kier molecular flexibility index (Phi) is 5.30. The highest BCUT2D eigenvalue weighted by molar-refractivity contribution is 6.36. The van der Waals surface area contributed by atoms with Gasteiger partial charge in [0.1, 0.15) is 0 Å². The second-order valence-electron chi connectivity index (χ2n) is 4.65. The summed E-state index contributed by atoms with van der Waals surface area (Å²) < 4.78 is 0. The van der Waals surface area contributed by atoms with Crippen molar-refractivity contribution in [2.45, 2.75) is 19.4 Å². The van der Waals surface area contributed by atoms with Gasteiger partial charge in [-0.25, -0.2) is 0 Å². The molecule has 0 saturated carbocycles. The highest BCUT2D eigenvalue weighted by Crippen LogP contribution is 2.31. The van der Waals surface area contributed by atoms with Gasteiger partial charge >= 0.3 is 0 Å². The van der Waals surface area contributed by atoms with Gasteiger partial charge in [-0.2, -0.15) is 0 Å². The van der Waals surface area contributed by atoms with Crippen LogP contribution in [0.25, 0.3) is 0 Å². The first-order valence-electron chi connectivity index (χ1n) is 6.18. The van der Waals surface area contributed by atoms with Crippen molar-refractivity contribution in [2.75, 3.05) is 0 Å². The Morgan fingerprint density at radius 2 is 1.70 bits per heavy atom. The van der Waals surface area contributed by atoms with Crippen molar-refractivity contribution < 1.29 is 0 Å². The predicted octanol–water partition coefficient (Wildman–Crippen LogP) is 4.70. The molecule has 2 aromatic carbocycles. The fraction of sp³-hybridized carbons (Fsp3) is 0.200. The van der Waals surface area contributed by atoms with Gasteiger partial charge in [0.25, 0.3) is 0 Å². The number of benzene rings is 2. The van der Waals surface area contributed by atoms with Crippen LogP contribution in [-0.2, 0) is 6.42 Å². The van der Waals surface area contributed by atoms with E-state index in [-0.39, 0.29) is 6.04 Å². The lowest BCUT2D eigenvalue weighted by atomic mass is 9.98. The molecule has 5 heteroatoms. The van der Waals surface area contributed by atoms with Crippen LogP contribution in [0.3, 0.4) is 0 Å². The normalized spacial score (nSPS) is 12.4. The van der Waals surface area contributed by atoms with E-state index in [9.17, 15) is 0 Å². The van der Waals surface area contributed by atoms with Crippen molar-refractivity contribution in [1.82, 2.24) is 5.43 Å². The molecule has 0 spiro atoms. The molecule has 0 saturated heterocycles. The third kappa shape index (κ3) is 3.46. The van der Waals surface area contributed by atoms with Gasteiger partial charge in [0.05, 0.1) is 6.04 Å². The molecule has 2 nitrogen and oxygen atoms in total. The maximum Gasteiger partial charge on any atom is 0.0516 e. The van der Waals surface area contributed by atoms with Gasteiger partial charge < -0.3 is 0 Å². The Hall–Kier alpha value is -0.770. The molecule has 2 aromatic rings. The molecular weight excluding hydrogens is 315 g/mol. The van der Waals surface area contributed by atoms with Crippen molar-refractivity contribution in [3.05, 3.63) is 68.2 Å². The van der Waals surface area contributed by atoms with Crippen LogP contribution in [0.5, 0.6) is 0 Å². The smallest absolute Gasteiger partial charge is 0.0516 e. The number of rotatable bonds is 4. The summed E-state index contributed by atoms with van der Waals surface area (Å²) in [6.07, 6.45) is 0.567. The molecule has 1 atom stereocenters. The number of nitrogens with two attached hydrogens (primary N) is 1. The molecule has 0 heterocycles. The summed E-state index contributed by atoms with van der Waals surface area (Å²) in [5, 5.41) is 1.93. The molecule has 3 N–H and O–H groups in total. The molecule has 0 aliphatic heterocycles. The van der Waals surface area contributed by atoms with E-state index in [4.69, 9.17) is 40.6 Å². The second-order valence-corrected chi connectivity index (χ2v) is 5.87. The quantitative estimate of drug-likeness (QED) is 0.630. The van der Waals surface area contributed by atoms with E-state index in [1.807, 2.05) is 43.3 Å². The lowest BCUT2D eigenvalue weighted by molar-refractivity contribution is 0.552. The van der Waals surface area contributed by atoms with Crippen LogP contribution < -0.4 is 11.3 Å². The maximum atomic E-state index is 6.29. The summed E-state index contributed by atoms with van der Waals surface area (Å²) in [5.74, 6) is 5.66. The summed E-state index contributed by atoms with van der Waals surface area (Å²) in [6, 6.07) is 11.2. The highest BCUT2D eigenvalue weighted by atomic mass is 35.5. The average Bonchev–Trinajstić information content (AvgIpc) is 2.40. The first-order chi connectivity index (χ1) is 9.52. The van der Waals surface area contributed by atoms with Gasteiger partial charge in [0.2, 0.25) is 0 Å². The molecule has 0 aromatic heterocycles. The molecule has 2 rings (SSSR count). The van der Waals surface area contributed by atoms with E-state index in [0.717, 1.165) is 16.7 Å². The minimum Gasteiger partial charge on any atom is -0.271 e. The zero-order chi connectivity index (χ0) is 14.7. The van der Waals surface area contributed by atoms with Crippen LogP contribution in [0.15, 0.2) is 36.4 Å². The average molecular weight is 330 g/mol. The van der Waals surface area contributed by atoms with Crippen molar-refractivity contribution >= 4 is 34.8 Å². The largest absolute Gasteiger partial charge is 0.271 e. The van der Waals surface area contributed by atoms with Crippen molar-refractivity contribution in [2.24, 2.45) is 5.84 Å². The van der Waals surface area contributed by atoms with Crippen LogP contribution in [0.1, 0.15) is 22.7 Å². The molecule has 0 aliphatic carbocycles. The molecule has 0 amide bonds. The monoisotopic (exact) mass is 328 g/mol. The summed E-state index contributed by atoms with van der Waals surface area (Å²) in [5.41, 5.74) is 5.67. The molecule has 0 radical (unpaired) electrons. The highest BCUT2D eigenvalue weighted by Gasteiger charge is 2.17. The molecule has 106 valence electrons. The minimum absolute atomic E-state index is 0.152. The third-order valence-corrected chi connectivity index (χ3v) is 4.24. The van der Waals surface area contributed by atoms with Crippen molar-refractivity contribution in [3.8, 4) is 0 Å². The van der Waals surface area contributed by atoms with Gasteiger partial charge in [0.15, 0.2) is 0 Å². The molecule has 0 aliphatic rings. The lowest BCUT2D eigenvalue weighted by Gasteiger charge is -2.19. The van der Waals surface area contributed by atoms with E-state index in [1.165, 1.54) is 0 Å². The number of hydrogen-bond donors (Lipinski definition) is 2. The number of hydrazine groups is 1. The molecule has 0 bridgehead atoms. The predicted molar refractivity (Wildman–Crippen MR) is 86.4 cm³/mol. The zero-order valence-corrected chi connectivity index (χ0v) is 13.2. The summed E-state index contributed by atoms with van der Waals surface area (Å²) in [4.78, 5) is 0. The maximum absolute atomic E-state index is 6.29. The van der Waals surface area contributed by atoms with E-state index in [2.05, 4.69) is 5.43 Å². The lowest BCUT2D eigenvalue weighted by Crippen LogP contribution is -2.30. The number of halogens is 3. The first-order valence-corrected chi connectivity index (χ1v) is 7.31. The van der Waals surface area contributed by atoms with Crippen LogP contribution in [0.2, 0.25) is 15.1 Å². The topological polar surface area (TPSA) is 38.0 Å². The molecular formula is C15H15Cl3N2. The molecule has 1 unspecified atom stereocenters. The summed E-state index contributed by atoms with van der Waals surface area (Å²) >= 11 is 18.7. The Labute approximate surface area is 133 Å². The third-order valence-electron chi connectivity index (χ3n) is 3.20. The van der Waals surface area contributed by atoms with Crippen molar-refractivity contribution in [3.63, 3.8) is 0 Å². The van der Waals surface area contributed by atoms with Crippen molar-refractivity contribution in [1.29, 1.82) is 0 Å². The summed E-state index contributed by atoms with van der Waals surface area (Å²) in [7, 11) is 0. The van der Waals surface area contributed by atoms with Gasteiger partial charge in [-0.1, -0.05) is 53.0 Å². The van der Waals surface area contributed by atoms with Crippen LogP contribution >= 0.6 is 34.8 Å². The zero-order valence-electron chi connectivity index (χ0n) is 11.0. The number of aryl methyl sites for hydroxylation is 1. The Bertz CT molecular complexity index is 594. The van der Waals surface area contributed by atoms with E-state index in [1.54, 1.807) is 0 Å². The first kappa shape index (κ1) is 15.6. The Morgan fingerprint density at radius 1 is 1.05 bits per heavy atom. The standard InChI is InChI=1S/C15H15Cl3N2/c1-9-5-6-10(14(18)7-9)15(20-19)8-11-12(16)3-2-4-13(11)17/h2-7,15,20H,8,19H2,1H3. The second kappa shape index (κ2) is 6.79. The Balaban J connectivity index is 2.34. The molecule has 20 heavy (non-hydrogen) atoms. The Morgan fingerprint density at radius 3 is 2.25 bits per heavy atom. The summed E-state index contributed by atoms with van der Waals surface area (Å²) in [6.45, 7) is 1.99. The molecule has 0 fully saturated rings. The van der Waals surface area contributed by atoms with Crippen LogP contribution in [0, 0.1) is 6.92 Å². The number of nitrogens with one attached hydrogen (secondary N) is 1.